The van der Waals surface area contributed by atoms with Crippen molar-refractivity contribution >= 4 is 28.8 Å². The standard InChI is InChI=1S/C19H25N3O2S/c1-4-22(12-16-8-6-10-25-16)13-19(24)20-11-18(23)21-17-9-5-7-14(2)15(17)3/h5-10H,4,11-13H2,1-3H3,(H,20,24)(H,21,23). The second-order valence-corrected chi connectivity index (χ2v) is 6.99. The molecule has 0 fully saturated rings. The van der Waals surface area contributed by atoms with E-state index >= 15 is 0 Å². The fraction of sp³-hybridized carbons (Fsp3) is 0.368. The molecule has 1 aromatic heterocycles. The first kappa shape index (κ1) is 19.1. The Kier molecular flexibility index (Phi) is 7.16. The summed E-state index contributed by atoms with van der Waals surface area (Å²) < 4.78 is 0. The molecule has 0 aliphatic heterocycles. The van der Waals surface area contributed by atoms with E-state index < -0.39 is 0 Å². The molecule has 0 saturated heterocycles. The van der Waals surface area contributed by atoms with Crippen LogP contribution in [0.4, 0.5) is 5.69 Å². The number of nitrogens with zero attached hydrogens (tertiary/aromatic N) is 1. The number of amides is 2. The zero-order valence-electron chi connectivity index (χ0n) is 15.0. The van der Waals surface area contributed by atoms with Gasteiger partial charge in [0.25, 0.3) is 0 Å². The van der Waals surface area contributed by atoms with Crippen LogP contribution < -0.4 is 10.6 Å². The summed E-state index contributed by atoms with van der Waals surface area (Å²) in [5.74, 6) is -0.363. The maximum absolute atomic E-state index is 12.1. The van der Waals surface area contributed by atoms with Crippen LogP contribution in [0, 0.1) is 13.8 Å². The highest BCUT2D eigenvalue weighted by molar-refractivity contribution is 7.09. The molecule has 0 radical (unpaired) electrons. The number of benzene rings is 1. The molecule has 134 valence electrons. The lowest BCUT2D eigenvalue weighted by atomic mass is 10.1. The van der Waals surface area contributed by atoms with Gasteiger partial charge in [-0.1, -0.05) is 25.1 Å². The minimum absolute atomic E-state index is 0.0250. The van der Waals surface area contributed by atoms with Gasteiger partial charge in [-0.05, 0) is 49.0 Å². The van der Waals surface area contributed by atoms with Gasteiger partial charge in [0, 0.05) is 17.1 Å². The van der Waals surface area contributed by atoms with Crippen molar-refractivity contribution in [2.24, 2.45) is 0 Å². The van der Waals surface area contributed by atoms with E-state index in [4.69, 9.17) is 0 Å². The van der Waals surface area contributed by atoms with Gasteiger partial charge < -0.3 is 10.6 Å². The third kappa shape index (κ3) is 5.99. The van der Waals surface area contributed by atoms with Crippen LogP contribution >= 0.6 is 11.3 Å². The molecule has 2 aromatic rings. The van der Waals surface area contributed by atoms with Crippen LogP contribution in [0.25, 0.3) is 0 Å². The second-order valence-electron chi connectivity index (χ2n) is 5.96. The van der Waals surface area contributed by atoms with Gasteiger partial charge in [-0.15, -0.1) is 11.3 Å². The Morgan fingerprint density at radius 1 is 1.12 bits per heavy atom. The number of hydrogen-bond donors (Lipinski definition) is 2. The van der Waals surface area contributed by atoms with Crippen molar-refractivity contribution in [1.29, 1.82) is 0 Å². The topological polar surface area (TPSA) is 61.4 Å². The predicted octanol–water partition coefficient (Wildman–Crippen LogP) is 2.94. The molecule has 0 unspecified atom stereocenters. The summed E-state index contributed by atoms with van der Waals surface area (Å²) in [6.07, 6.45) is 0. The highest BCUT2D eigenvalue weighted by Gasteiger charge is 2.12. The number of carbonyl (C=O) groups is 2. The molecule has 2 N–H and O–H groups in total. The molecule has 1 heterocycles. The van der Waals surface area contributed by atoms with Crippen molar-refractivity contribution in [2.45, 2.75) is 27.3 Å². The van der Waals surface area contributed by atoms with E-state index in [1.807, 2.05) is 55.3 Å². The molecule has 0 aliphatic rings. The van der Waals surface area contributed by atoms with E-state index in [1.165, 1.54) is 4.88 Å². The first-order valence-corrected chi connectivity index (χ1v) is 9.25. The molecular weight excluding hydrogens is 334 g/mol. The summed E-state index contributed by atoms with van der Waals surface area (Å²) in [4.78, 5) is 27.4. The molecule has 2 rings (SSSR count). The van der Waals surface area contributed by atoms with Crippen LogP contribution in [0.5, 0.6) is 0 Å². The highest BCUT2D eigenvalue weighted by Crippen LogP contribution is 2.17. The van der Waals surface area contributed by atoms with Crippen molar-refractivity contribution in [3.05, 3.63) is 51.7 Å². The molecule has 0 spiro atoms. The van der Waals surface area contributed by atoms with Crippen molar-refractivity contribution in [1.82, 2.24) is 10.2 Å². The number of hydrogen-bond acceptors (Lipinski definition) is 4. The Labute approximate surface area is 153 Å². The molecule has 2 amide bonds. The van der Waals surface area contributed by atoms with Gasteiger partial charge in [0.05, 0.1) is 13.1 Å². The fourth-order valence-corrected chi connectivity index (χ4v) is 3.17. The number of nitrogens with one attached hydrogen (secondary N) is 2. The summed E-state index contributed by atoms with van der Waals surface area (Å²) in [6, 6.07) is 9.83. The second kappa shape index (κ2) is 9.34. The SMILES string of the molecule is CCN(CC(=O)NCC(=O)Nc1cccc(C)c1C)Cc1cccs1. The van der Waals surface area contributed by atoms with Crippen LogP contribution in [0.2, 0.25) is 0 Å². The summed E-state index contributed by atoms with van der Waals surface area (Å²) in [5, 5.41) is 7.57. The largest absolute Gasteiger partial charge is 0.346 e. The van der Waals surface area contributed by atoms with Crippen LogP contribution in [0.1, 0.15) is 22.9 Å². The van der Waals surface area contributed by atoms with Crippen molar-refractivity contribution in [3.8, 4) is 0 Å². The van der Waals surface area contributed by atoms with Gasteiger partial charge in [0.15, 0.2) is 0 Å². The molecule has 25 heavy (non-hydrogen) atoms. The summed E-state index contributed by atoms with van der Waals surface area (Å²) in [6.45, 7) is 7.77. The maximum Gasteiger partial charge on any atom is 0.243 e. The van der Waals surface area contributed by atoms with Gasteiger partial charge in [-0.25, -0.2) is 0 Å². The number of aryl methyl sites for hydroxylation is 1. The van der Waals surface area contributed by atoms with E-state index in [2.05, 4.69) is 16.7 Å². The lowest BCUT2D eigenvalue weighted by molar-refractivity contribution is -0.125. The monoisotopic (exact) mass is 359 g/mol. The van der Waals surface area contributed by atoms with E-state index in [1.54, 1.807) is 11.3 Å². The normalized spacial score (nSPS) is 10.7. The summed E-state index contributed by atoms with van der Waals surface area (Å²) >= 11 is 1.68. The van der Waals surface area contributed by atoms with Gasteiger partial charge in [-0.2, -0.15) is 0 Å². The predicted molar refractivity (Wildman–Crippen MR) is 103 cm³/mol. The van der Waals surface area contributed by atoms with E-state index in [0.29, 0.717) is 0 Å². The number of carbonyl (C=O) groups excluding carboxylic acids is 2. The highest BCUT2D eigenvalue weighted by atomic mass is 32.1. The molecule has 0 bridgehead atoms. The van der Waals surface area contributed by atoms with E-state index in [-0.39, 0.29) is 24.9 Å². The Morgan fingerprint density at radius 3 is 2.60 bits per heavy atom. The molecule has 6 heteroatoms. The molecule has 0 aliphatic carbocycles. The van der Waals surface area contributed by atoms with Gasteiger partial charge in [-0.3, -0.25) is 14.5 Å². The van der Waals surface area contributed by atoms with Gasteiger partial charge in [0.1, 0.15) is 0 Å². The smallest absolute Gasteiger partial charge is 0.243 e. The van der Waals surface area contributed by atoms with Crippen molar-refractivity contribution < 1.29 is 9.59 Å². The minimum Gasteiger partial charge on any atom is -0.346 e. The fourth-order valence-electron chi connectivity index (χ4n) is 2.42. The lowest BCUT2D eigenvalue weighted by Gasteiger charge is -2.19. The average Bonchev–Trinajstić information content (AvgIpc) is 3.09. The van der Waals surface area contributed by atoms with E-state index in [0.717, 1.165) is 29.9 Å². The average molecular weight is 359 g/mol. The first-order valence-electron chi connectivity index (χ1n) is 8.37. The van der Waals surface area contributed by atoms with Crippen LogP contribution in [-0.4, -0.2) is 36.3 Å². The van der Waals surface area contributed by atoms with Crippen molar-refractivity contribution in [2.75, 3.05) is 25.0 Å². The van der Waals surface area contributed by atoms with Crippen LogP contribution in [0.3, 0.4) is 0 Å². The molecular formula is C19H25N3O2S. The summed E-state index contributed by atoms with van der Waals surface area (Å²) in [5.41, 5.74) is 2.94. The van der Waals surface area contributed by atoms with E-state index in [9.17, 15) is 9.59 Å². The molecule has 1 aromatic carbocycles. The Bertz CT molecular complexity index is 713. The van der Waals surface area contributed by atoms with Gasteiger partial charge in [0.2, 0.25) is 11.8 Å². The molecule has 0 atom stereocenters. The third-order valence-electron chi connectivity index (χ3n) is 4.10. The summed E-state index contributed by atoms with van der Waals surface area (Å²) in [7, 11) is 0. The zero-order valence-corrected chi connectivity index (χ0v) is 15.8. The molecule has 5 nitrogen and oxygen atoms in total. The number of anilines is 1. The Hall–Kier alpha value is -2.18. The van der Waals surface area contributed by atoms with Gasteiger partial charge >= 0.3 is 0 Å². The Morgan fingerprint density at radius 2 is 1.92 bits per heavy atom. The van der Waals surface area contributed by atoms with Crippen LogP contribution in [-0.2, 0) is 16.1 Å². The maximum atomic E-state index is 12.1. The first-order chi connectivity index (χ1) is 12.0. The lowest BCUT2D eigenvalue weighted by Crippen LogP contribution is -2.40. The van der Waals surface area contributed by atoms with Crippen molar-refractivity contribution in [3.63, 3.8) is 0 Å². The number of likely N-dealkylation sites (N-methyl/N-ethyl adjacent to an activating group) is 1. The number of thiophene rings is 1. The minimum atomic E-state index is -0.219. The third-order valence-corrected chi connectivity index (χ3v) is 4.96. The van der Waals surface area contributed by atoms with Crippen LogP contribution in [0.15, 0.2) is 35.7 Å². The molecule has 0 saturated carbocycles. The zero-order chi connectivity index (χ0) is 18.2. The number of rotatable bonds is 8. The quantitative estimate of drug-likeness (QED) is 0.762. The Balaban J connectivity index is 1.78.